The monoisotopic (exact) mass is 322 g/mol. The molecule has 0 aromatic heterocycles. The minimum Gasteiger partial charge on any atom is -0.483 e. The maximum atomic E-state index is 12.4. The highest BCUT2D eigenvalue weighted by molar-refractivity contribution is 6.42. The van der Waals surface area contributed by atoms with Crippen molar-refractivity contribution in [1.82, 2.24) is 0 Å². The Morgan fingerprint density at radius 3 is 2.33 bits per heavy atom. The Morgan fingerprint density at radius 2 is 1.71 bits per heavy atom. The van der Waals surface area contributed by atoms with Crippen molar-refractivity contribution in [2.45, 2.75) is 26.9 Å². The number of halogens is 2. The van der Waals surface area contributed by atoms with E-state index in [2.05, 4.69) is 0 Å². The lowest BCUT2D eigenvalue weighted by molar-refractivity contribution is 0.0818. The van der Waals surface area contributed by atoms with Crippen LogP contribution in [0.15, 0.2) is 36.4 Å². The molecule has 0 radical (unpaired) electrons. The standard InChI is InChI=1S/C17H16Cl2O2/c1-10-4-5-13(8-11(10)2)17(20)12(3)21-14-6-7-15(18)16(19)9-14/h4-9,12H,1-3H3. The maximum Gasteiger partial charge on any atom is 0.203 e. The Morgan fingerprint density at radius 1 is 1.00 bits per heavy atom. The number of hydrogen-bond donors (Lipinski definition) is 0. The number of rotatable bonds is 4. The van der Waals surface area contributed by atoms with Crippen molar-refractivity contribution in [3.05, 3.63) is 63.1 Å². The van der Waals surface area contributed by atoms with Crippen LogP contribution in [0.1, 0.15) is 28.4 Å². The first kappa shape index (κ1) is 15.9. The zero-order valence-corrected chi connectivity index (χ0v) is 13.6. The lowest BCUT2D eigenvalue weighted by Crippen LogP contribution is -2.24. The topological polar surface area (TPSA) is 26.3 Å². The van der Waals surface area contributed by atoms with E-state index in [1.807, 2.05) is 32.0 Å². The van der Waals surface area contributed by atoms with Gasteiger partial charge in [0.1, 0.15) is 5.75 Å². The molecule has 2 nitrogen and oxygen atoms in total. The van der Waals surface area contributed by atoms with Gasteiger partial charge in [0.25, 0.3) is 0 Å². The van der Waals surface area contributed by atoms with Crippen molar-refractivity contribution < 1.29 is 9.53 Å². The average Bonchev–Trinajstić information content (AvgIpc) is 2.45. The minimum atomic E-state index is -0.593. The number of Topliss-reactive ketones (excluding diaryl/α,β-unsaturated/α-hetero) is 1. The summed E-state index contributed by atoms with van der Waals surface area (Å²) in [7, 11) is 0. The first-order valence-corrected chi connectivity index (χ1v) is 7.37. The third-order valence-corrected chi connectivity index (χ3v) is 4.10. The highest BCUT2D eigenvalue weighted by atomic mass is 35.5. The fourth-order valence-electron chi connectivity index (χ4n) is 1.94. The van der Waals surface area contributed by atoms with E-state index in [4.69, 9.17) is 27.9 Å². The van der Waals surface area contributed by atoms with Gasteiger partial charge in [-0.2, -0.15) is 0 Å². The normalized spacial score (nSPS) is 12.0. The second-order valence-electron chi connectivity index (χ2n) is 5.00. The molecule has 0 aliphatic carbocycles. The van der Waals surface area contributed by atoms with Crippen LogP contribution in [0.3, 0.4) is 0 Å². The number of ketones is 1. The number of carbonyl (C=O) groups excluding carboxylic acids is 1. The van der Waals surface area contributed by atoms with Crippen LogP contribution in [0, 0.1) is 13.8 Å². The van der Waals surface area contributed by atoms with Crippen LogP contribution in [0.5, 0.6) is 5.75 Å². The lowest BCUT2D eigenvalue weighted by atomic mass is 10.0. The molecule has 0 aliphatic rings. The summed E-state index contributed by atoms with van der Waals surface area (Å²) in [5, 5.41) is 0.858. The van der Waals surface area contributed by atoms with E-state index in [-0.39, 0.29) is 5.78 Å². The molecule has 0 saturated heterocycles. The Kier molecular flexibility index (Phi) is 4.92. The molecular formula is C17H16Cl2O2. The van der Waals surface area contributed by atoms with Gasteiger partial charge in [0.2, 0.25) is 5.78 Å². The molecule has 2 aromatic carbocycles. The second-order valence-corrected chi connectivity index (χ2v) is 5.81. The van der Waals surface area contributed by atoms with E-state index < -0.39 is 6.10 Å². The Balaban J connectivity index is 2.15. The number of benzene rings is 2. The summed E-state index contributed by atoms with van der Waals surface area (Å²) in [6.07, 6.45) is -0.593. The van der Waals surface area contributed by atoms with Gasteiger partial charge >= 0.3 is 0 Å². The fourth-order valence-corrected chi connectivity index (χ4v) is 2.23. The van der Waals surface area contributed by atoms with E-state index in [9.17, 15) is 4.79 Å². The summed E-state index contributed by atoms with van der Waals surface area (Å²) in [5.41, 5.74) is 2.89. The molecule has 0 heterocycles. The summed E-state index contributed by atoms with van der Waals surface area (Å²) in [4.78, 5) is 12.4. The molecule has 0 N–H and O–H groups in total. The predicted molar refractivity (Wildman–Crippen MR) is 86.8 cm³/mol. The Hall–Kier alpha value is -1.51. The molecule has 21 heavy (non-hydrogen) atoms. The van der Waals surface area contributed by atoms with E-state index in [0.717, 1.165) is 11.1 Å². The predicted octanol–water partition coefficient (Wildman–Crippen LogP) is 5.26. The summed E-state index contributed by atoms with van der Waals surface area (Å²) in [6.45, 7) is 5.72. The second kappa shape index (κ2) is 6.50. The van der Waals surface area contributed by atoms with E-state index in [1.54, 1.807) is 25.1 Å². The third kappa shape index (κ3) is 3.78. The molecule has 4 heteroatoms. The largest absolute Gasteiger partial charge is 0.483 e. The zero-order chi connectivity index (χ0) is 15.6. The van der Waals surface area contributed by atoms with Gasteiger partial charge < -0.3 is 4.74 Å². The molecule has 2 rings (SSSR count). The number of hydrogen-bond acceptors (Lipinski definition) is 2. The Bertz CT molecular complexity index is 680. The van der Waals surface area contributed by atoms with Crippen molar-refractivity contribution in [2.75, 3.05) is 0 Å². The third-order valence-electron chi connectivity index (χ3n) is 3.36. The molecule has 1 atom stereocenters. The average molecular weight is 323 g/mol. The van der Waals surface area contributed by atoms with E-state index in [1.165, 1.54) is 0 Å². The van der Waals surface area contributed by atoms with Crippen LogP contribution in [-0.2, 0) is 0 Å². The van der Waals surface area contributed by atoms with Crippen LogP contribution >= 0.6 is 23.2 Å². The minimum absolute atomic E-state index is 0.0656. The smallest absolute Gasteiger partial charge is 0.203 e. The molecule has 0 spiro atoms. The van der Waals surface area contributed by atoms with Crippen LogP contribution in [0.2, 0.25) is 10.0 Å². The summed E-state index contributed by atoms with van der Waals surface area (Å²) in [6, 6.07) is 10.6. The van der Waals surface area contributed by atoms with Crippen LogP contribution in [0.4, 0.5) is 0 Å². The quantitative estimate of drug-likeness (QED) is 0.717. The molecule has 110 valence electrons. The highest BCUT2D eigenvalue weighted by Gasteiger charge is 2.17. The summed E-state index contributed by atoms with van der Waals surface area (Å²) < 4.78 is 5.64. The molecular weight excluding hydrogens is 307 g/mol. The van der Waals surface area contributed by atoms with E-state index >= 15 is 0 Å². The van der Waals surface area contributed by atoms with Gasteiger partial charge in [-0.15, -0.1) is 0 Å². The van der Waals surface area contributed by atoms with Crippen molar-refractivity contribution in [3.8, 4) is 5.75 Å². The number of ether oxygens (including phenoxy) is 1. The molecule has 0 bridgehead atoms. The van der Waals surface area contributed by atoms with Crippen LogP contribution in [0.25, 0.3) is 0 Å². The first-order chi connectivity index (χ1) is 9.88. The molecule has 2 aromatic rings. The van der Waals surface area contributed by atoms with Gasteiger partial charge in [-0.1, -0.05) is 35.3 Å². The van der Waals surface area contributed by atoms with Gasteiger partial charge in [-0.05, 0) is 50.1 Å². The van der Waals surface area contributed by atoms with Gasteiger partial charge in [-0.25, -0.2) is 0 Å². The van der Waals surface area contributed by atoms with Gasteiger partial charge in [0.15, 0.2) is 6.10 Å². The highest BCUT2D eigenvalue weighted by Crippen LogP contribution is 2.27. The summed E-state index contributed by atoms with van der Waals surface area (Å²) in [5.74, 6) is 0.457. The van der Waals surface area contributed by atoms with Crippen molar-refractivity contribution in [3.63, 3.8) is 0 Å². The molecule has 0 saturated carbocycles. The first-order valence-electron chi connectivity index (χ1n) is 6.61. The number of aryl methyl sites for hydroxylation is 2. The van der Waals surface area contributed by atoms with Gasteiger partial charge in [-0.3, -0.25) is 4.79 Å². The van der Waals surface area contributed by atoms with Crippen LogP contribution < -0.4 is 4.74 Å². The van der Waals surface area contributed by atoms with Crippen molar-refractivity contribution >= 4 is 29.0 Å². The Labute approximate surface area is 134 Å². The SMILES string of the molecule is Cc1ccc(C(=O)C(C)Oc2ccc(Cl)c(Cl)c2)cc1C. The van der Waals surface area contributed by atoms with Crippen LogP contribution in [-0.4, -0.2) is 11.9 Å². The lowest BCUT2D eigenvalue weighted by Gasteiger charge is -2.15. The van der Waals surface area contributed by atoms with Crippen molar-refractivity contribution in [1.29, 1.82) is 0 Å². The summed E-state index contributed by atoms with van der Waals surface area (Å²) >= 11 is 11.8. The maximum absolute atomic E-state index is 12.4. The van der Waals surface area contributed by atoms with Gasteiger partial charge in [0.05, 0.1) is 10.0 Å². The van der Waals surface area contributed by atoms with Gasteiger partial charge in [0, 0.05) is 11.6 Å². The van der Waals surface area contributed by atoms with Crippen molar-refractivity contribution in [2.24, 2.45) is 0 Å². The molecule has 0 amide bonds. The molecule has 1 unspecified atom stereocenters. The number of carbonyl (C=O) groups is 1. The molecule has 0 aliphatic heterocycles. The van der Waals surface area contributed by atoms with E-state index in [0.29, 0.717) is 21.4 Å². The fraction of sp³-hybridized carbons (Fsp3) is 0.235. The molecule has 0 fully saturated rings. The zero-order valence-electron chi connectivity index (χ0n) is 12.1.